The second-order valence-corrected chi connectivity index (χ2v) is 6.37. The van der Waals surface area contributed by atoms with Crippen molar-refractivity contribution in [1.82, 2.24) is 8.61 Å². The van der Waals surface area contributed by atoms with Crippen LogP contribution in [0.3, 0.4) is 0 Å². The molecule has 2 saturated heterocycles. The molecule has 2 aliphatic rings. The Bertz CT molecular complexity index is 507. The molecule has 0 aliphatic carbocycles. The van der Waals surface area contributed by atoms with Crippen molar-refractivity contribution in [1.29, 1.82) is 0 Å². The zero-order valence-corrected chi connectivity index (χ0v) is 12.3. The van der Waals surface area contributed by atoms with E-state index in [1.54, 1.807) is 0 Å². The summed E-state index contributed by atoms with van der Waals surface area (Å²) in [6.45, 7) is 0. The van der Waals surface area contributed by atoms with Gasteiger partial charge in [-0.05, 0) is 6.42 Å². The molecule has 1 unspecified atom stereocenters. The topological polar surface area (TPSA) is 112 Å². The second kappa shape index (κ2) is 6.48. The zero-order valence-electron chi connectivity index (χ0n) is 10.7. The number of amides is 4. The lowest BCUT2D eigenvalue weighted by molar-refractivity contribution is -0.137. The summed E-state index contributed by atoms with van der Waals surface area (Å²) >= 11 is 0. The minimum absolute atomic E-state index is 0.00945. The Balaban J connectivity index is 1.90. The maximum absolute atomic E-state index is 12.0. The van der Waals surface area contributed by atoms with Gasteiger partial charge in [0.05, 0.1) is 28.4 Å². The highest BCUT2D eigenvalue weighted by Crippen LogP contribution is 2.38. The number of carbonyl (C=O) groups excluding carboxylic acids is 4. The number of carboxylic acid groups (broad SMARTS) is 1. The van der Waals surface area contributed by atoms with E-state index in [2.05, 4.69) is 0 Å². The third-order valence-electron chi connectivity index (χ3n) is 2.96. The number of carbonyl (C=O) groups is 5. The third-order valence-corrected chi connectivity index (χ3v) is 5.19. The van der Waals surface area contributed by atoms with Crippen molar-refractivity contribution in [3.63, 3.8) is 0 Å². The molecule has 1 atom stereocenters. The van der Waals surface area contributed by atoms with Crippen molar-refractivity contribution < 1.29 is 29.1 Å². The van der Waals surface area contributed by atoms with E-state index >= 15 is 0 Å². The second-order valence-electron chi connectivity index (χ2n) is 4.44. The first-order valence-electron chi connectivity index (χ1n) is 6.03. The molecule has 8 nitrogen and oxygen atoms in total. The lowest BCUT2D eigenvalue weighted by atomic mass is 10.0. The highest BCUT2D eigenvalue weighted by atomic mass is 33.1. The van der Waals surface area contributed by atoms with E-state index in [9.17, 15) is 24.0 Å². The Morgan fingerprint density at radius 3 is 2.43 bits per heavy atom. The summed E-state index contributed by atoms with van der Waals surface area (Å²) in [4.78, 5) is 56.9. The van der Waals surface area contributed by atoms with Crippen LogP contribution in [0, 0.1) is 12.3 Å². The molecule has 0 aromatic rings. The van der Waals surface area contributed by atoms with E-state index < -0.39 is 35.5 Å². The number of rotatable bonds is 6. The fourth-order valence-electron chi connectivity index (χ4n) is 1.88. The van der Waals surface area contributed by atoms with Crippen LogP contribution in [-0.4, -0.2) is 43.3 Å². The van der Waals surface area contributed by atoms with Gasteiger partial charge in [0, 0.05) is 25.2 Å². The van der Waals surface area contributed by atoms with Gasteiger partial charge in [0.2, 0.25) is 23.6 Å². The van der Waals surface area contributed by atoms with Crippen LogP contribution >= 0.6 is 22.0 Å². The van der Waals surface area contributed by atoms with Crippen molar-refractivity contribution in [3.8, 4) is 0 Å². The number of imide groups is 2. The fourth-order valence-corrected chi connectivity index (χ4v) is 4.04. The van der Waals surface area contributed by atoms with Gasteiger partial charge in [0.25, 0.3) is 0 Å². The Kier molecular flexibility index (Phi) is 4.88. The van der Waals surface area contributed by atoms with Gasteiger partial charge in [0.15, 0.2) is 0 Å². The molecule has 4 amide bonds. The van der Waals surface area contributed by atoms with Crippen molar-refractivity contribution in [2.75, 3.05) is 0 Å². The van der Waals surface area contributed by atoms with E-state index in [0.717, 1.165) is 19.6 Å². The maximum Gasteiger partial charge on any atom is 0.303 e. The average Bonchev–Trinajstić information content (AvgIpc) is 2.87. The van der Waals surface area contributed by atoms with Gasteiger partial charge in [0.1, 0.15) is 0 Å². The highest BCUT2D eigenvalue weighted by Gasteiger charge is 2.41. The van der Waals surface area contributed by atoms with Crippen LogP contribution in [0.4, 0.5) is 0 Å². The van der Waals surface area contributed by atoms with Crippen LogP contribution < -0.4 is 0 Å². The first kappa shape index (κ1) is 15.8. The summed E-state index contributed by atoms with van der Waals surface area (Å²) in [5.41, 5.74) is 0. The van der Waals surface area contributed by atoms with Crippen LogP contribution in [-0.2, 0) is 24.0 Å². The Morgan fingerprint density at radius 1 is 1.19 bits per heavy atom. The SMILES string of the molecule is O=C(O)CCC1CC(=O)N(SSN2C(=O)[CH]CC2=O)C1=O. The molecule has 0 bridgehead atoms. The minimum atomic E-state index is -1.03. The quantitative estimate of drug-likeness (QED) is 0.423. The molecule has 113 valence electrons. The van der Waals surface area contributed by atoms with Gasteiger partial charge in [-0.3, -0.25) is 24.0 Å². The summed E-state index contributed by atoms with van der Waals surface area (Å²) < 4.78 is 1.77. The van der Waals surface area contributed by atoms with Gasteiger partial charge < -0.3 is 5.11 Å². The van der Waals surface area contributed by atoms with Crippen LogP contribution in [0.25, 0.3) is 0 Å². The van der Waals surface area contributed by atoms with Crippen LogP contribution in [0.2, 0.25) is 0 Å². The van der Waals surface area contributed by atoms with Crippen molar-refractivity contribution >= 4 is 51.6 Å². The molecule has 0 spiro atoms. The zero-order chi connectivity index (χ0) is 15.6. The molecule has 10 heteroatoms. The Hall–Kier alpha value is -1.55. The lowest BCUT2D eigenvalue weighted by Crippen LogP contribution is -2.26. The summed E-state index contributed by atoms with van der Waals surface area (Å²) in [6.07, 6.45) is 1.09. The Labute approximate surface area is 127 Å². The lowest BCUT2D eigenvalue weighted by Gasteiger charge is -2.16. The molecule has 2 fully saturated rings. The van der Waals surface area contributed by atoms with Crippen LogP contribution in [0.1, 0.15) is 25.7 Å². The average molecular weight is 331 g/mol. The van der Waals surface area contributed by atoms with Crippen LogP contribution in [0.5, 0.6) is 0 Å². The van der Waals surface area contributed by atoms with Gasteiger partial charge in [-0.25, -0.2) is 8.61 Å². The molecule has 1 radical (unpaired) electrons. The van der Waals surface area contributed by atoms with Gasteiger partial charge in [-0.15, -0.1) is 0 Å². The first-order valence-corrected chi connectivity index (χ1v) is 8.10. The monoisotopic (exact) mass is 331 g/mol. The summed E-state index contributed by atoms with van der Waals surface area (Å²) in [5.74, 6) is -3.49. The summed E-state index contributed by atoms with van der Waals surface area (Å²) in [6, 6.07) is 0. The summed E-state index contributed by atoms with van der Waals surface area (Å²) in [7, 11) is 1.43. The molecular formula is C11H11N2O6S2. The number of nitrogens with zero attached hydrogens (tertiary/aromatic N) is 2. The van der Waals surface area contributed by atoms with Gasteiger partial charge in [-0.2, -0.15) is 0 Å². The predicted molar refractivity (Wildman–Crippen MR) is 72.8 cm³/mol. The van der Waals surface area contributed by atoms with E-state index in [1.165, 1.54) is 6.42 Å². The van der Waals surface area contributed by atoms with E-state index in [0.29, 0.717) is 11.0 Å². The van der Waals surface area contributed by atoms with Crippen molar-refractivity contribution in [2.24, 2.45) is 5.92 Å². The van der Waals surface area contributed by atoms with Crippen LogP contribution in [0.15, 0.2) is 0 Å². The normalized spacial score (nSPS) is 22.6. The molecule has 0 aromatic carbocycles. The smallest absolute Gasteiger partial charge is 0.303 e. The summed E-state index contributed by atoms with van der Waals surface area (Å²) in [5, 5.41) is 8.59. The molecule has 0 aromatic heterocycles. The minimum Gasteiger partial charge on any atom is -0.481 e. The molecule has 0 saturated carbocycles. The van der Waals surface area contributed by atoms with E-state index in [4.69, 9.17) is 5.11 Å². The molecule has 2 rings (SSSR count). The third kappa shape index (κ3) is 3.56. The largest absolute Gasteiger partial charge is 0.481 e. The van der Waals surface area contributed by atoms with Crippen molar-refractivity contribution in [3.05, 3.63) is 6.42 Å². The number of hydrogen-bond donors (Lipinski definition) is 1. The van der Waals surface area contributed by atoms with Gasteiger partial charge in [-0.1, -0.05) is 0 Å². The number of hydrogen-bond acceptors (Lipinski definition) is 7. The first-order chi connectivity index (χ1) is 9.90. The van der Waals surface area contributed by atoms with Gasteiger partial charge >= 0.3 is 5.97 Å². The van der Waals surface area contributed by atoms with E-state index in [1.807, 2.05) is 0 Å². The molecule has 2 aliphatic heterocycles. The molecule has 1 N–H and O–H groups in total. The maximum atomic E-state index is 12.0. The molecular weight excluding hydrogens is 320 g/mol. The number of aliphatic carboxylic acids is 1. The standard InChI is InChI=1S/C11H11N2O6S2/c14-7-2-3-8(15)12(7)20-21-13-9(16)5-6(11(13)19)1-4-10(17)18/h2,6H,1,3-5H2,(H,17,18). The highest BCUT2D eigenvalue weighted by molar-refractivity contribution is 8.75. The van der Waals surface area contributed by atoms with E-state index in [-0.39, 0.29) is 25.7 Å². The molecule has 21 heavy (non-hydrogen) atoms. The fraction of sp³-hybridized carbons (Fsp3) is 0.455. The molecule has 2 heterocycles. The predicted octanol–water partition coefficient (Wildman–Crippen LogP) is 0.401. The number of carboxylic acids is 1. The Morgan fingerprint density at radius 2 is 1.86 bits per heavy atom. The van der Waals surface area contributed by atoms with Crippen molar-refractivity contribution in [2.45, 2.75) is 25.7 Å².